The number of alkyl carbamates (subject to hydrolysis) is 1. The van der Waals surface area contributed by atoms with E-state index in [0.29, 0.717) is 0 Å². The van der Waals surface area contributed by atoms with Gasteiger partial charge >= 0.3 is 12.3 Å². The van der Waals surface area contributed by atoms with Crippen LogP contribution in [0.2, 0.25) is 0 Å². The summed E-state index contributed by atoms with van der Waals surface area (Å²) in [6.45, 7) is 5.26. The standard InChI is InChI=1S/C15H18F3NO2/c1-14(2,3)21-13(20)19-10-6-8-11-7-4-5-9-12(11)15(16,17)18/h4-9H,10H2,1-3H3,(H,19,20). The van der Waals surface area contributed by atoms with Crippen molar-refractivity contribution < 1.29 is 22.7 Å². The number of ether oxygens (including phenoxy) is 1. The smallest absolute Gasteiger partial charge is 0.416 e. The first-order chi connectivity index (χ1) is 9.59. The van der Waals surface area contributed by atoms with E-state index in [2.05, 4.69) is 5.32 Å². The lowest BCUT2D eigenvalue weighted by molar-refractivity contribution is -0.137. The Kier molecular flexibility index (Phi) is 5.41. The summed E-state index contributed by atoms with van der Waals surface area (Å²) < 4.78 is 43.2. The lowest BCUT2D eigenvalue weighted by Gasteiger charge is -2.19. The van der Waals surface area contributed by atoms with Crippen LogP contribution in [0.1, 0.15) is 31.9 Å². The average molecular weight is 301 g/mol. The van der Waals surface area contributed by atoms with E-state index < -0.39 is 23.4 Å². The predicted molar refractivity (Wildman–Crippen MR) is 74.7 cm³/mol. The summed E-state index contributed by atoms with van der Waals surface area (Å²) in [7, 11) is 0. The van der Waals surface area contributed by atoms with E-state index >= 15 is 0 Å². The van der Waals surface area contributed by atoms with Crippen LogP contribution in [-0.4, -0.2) is 18.2 Å². The first kappa shape index (κ1) is 17.1. The zero-order valence-electron chi connectivity index (χ0n) is 12.1. The summed E-state index contributed by atoms with van der Waals surface area (Å²) in [5.41, 5.74) is -1.27. The molecule has 0 unspecified atom stereocenters. The zero-order valence-corrected chi connectivity index (χ0v) is 12.1. The highest BCUT2D eigenvalue weighted by Crippen LogP contribution is 2.32. The molecule has 1 amide bonds. The maximum Gasteiger partial charge on any atom is 0.416 e. The minimum Gasteiger partial charge on any atom is -0.444 e. The monoisotopic (exact) mass is 301 g/mol. The van der Waals surface area contributed by atoms with Gasteiger partial charge in [0.2, 0.25) is 0 Å². The number of carbonyl (C=O) groups is 1. The van der Waals surface area contributed by atoms with Crippen LogP contribution in [0.25, 0.3) is 6.08 Å². The number of rotatable bonds is 3. The molecule has 0 heterocycles. The number of hydrogen-bond acceptors (Lipinski definition) is 2. The highest BCUT2D eigenvalue weighted by molar-refractivity contribution is 5.68. The first-order valence-corrected chi connectivity index (χ1v) is 6.39. The molecule has 0 aliphatic heterocycles. The topological polar surface area (TPSA) is 38.3 Å². The number of carbonyl (C=O) groups excluding carboxylic acids is 1. The van der Waals surface area contributed by atoms with E-state index in [1.165, 1.54) is 30.4 Å². The molecule has 1 N–H and O–H groups in total. The van der Waals surface area contributed by atoms with Crippen LogP contribution in [0.5, 0.6) is 0 Å². The fraction of sp³-hybridized carbons (Fsp3) is 0.400. The van der Waals surface area contributed by atoms with E-state index in [1.54, 1.807) is 20.8 Å². The first-order valence-electron chi connectivity index (χ1n) is 6.39. The van der Waals surface area contributed by atoms with E-state index in [4.69, 9.17) is 4.74 Å². The van der Waals surface area contributed by atoms with E-state index in [1.807, 2.05) is 0 Å². The third-order valence-corrected chi connectivity index (χ3v) is 2.33. The van der Waals surface area contributed by atoms with Gasteiger partial charge in [0, 0.05) is 6.54 Å². The van der Waals surface area contributed by atoms with Crippen LogP contribution in [0, 0.1) is 0 Å². The van der Waals surface area contributed by atoms with Crippen molar-refractivity contribution in [1.82, 2.24) is 5.32 Å². The summed E-state index contributed by atoms with van der Waals surface area (Å²) in [6, 6.07) is 5.24. The molecule has 0 radical (unpaired) electrons. The largest absolute Gasteiger partial charge is 0.444 e. The van der Waals surface area contributed by atoms with Crippen molar-refractivity contribution >= 4 is 12.2 Å². The summed E-state index contributed by atoms with van der Waals surface area (Å²) in [6.07, 6.45) is -2.26. The van der Waals surface area contributed by atoms with Crippen LogP contribution in [-0.2, 0) is 10.9 Å². The van der Waals surface area contributed by atoms with E-state index in [9.17, 15) is 18.0 Å². The molecule has 0 aliphatic rings. The van der Waals surface area contributed by atoms with Gasteiger partial charge in [-0.2, -0.15) is 13.2 Å². The average Bonchev–Trinajstić information content (AvgIpc) is 2.32. The number of amides is 1. The molecule has 0 atom stereocenters. The molecule has 0 fully saturated rings. The van der Waals surface area contributed by atoms with Gasteiger partial charge in [0.1, 0.15) is 5.60 Å². The van der Waals surface area contributed by atoms with Crippen molar-refractivity contribution in [2.45, 2.75) is 32.5 Å². The van der Waals surface area contributed by atoms with Crippen molar-refractivity contribution in [3.63, 3.8) is 0 Å². The third-order valence-electron chi connectivity index (χ3n) is 2.33. The number of halogens is 3. The minimum atomic E-state index is -4.40. The Labute approximate surface area is 121 Å². The normalized spacial score (nSPS) is 12.5. The Bertz CT molecular complexity index is 516. The molecule has 21 heavy (non-hydrogen) atoms. The zero-order chi connectivity index (χ0) is 16.1. The van der Waals surface area contributed by atoms with Crippen LogP contribution in [0.4, 0.5) is 18.0 Å². The van der Waals surface area contributed by atoms with Gasteiger partial charge in [0.05, 0.1) is 5.56 Å². The van der Waals surface area contributed by atoms with Crippen LogP contribution in [0.3, 0.4) is 0 Å². The van der Waals surface area contributed by atoms with Crippen molar-refractivity contribution in [3.05, 3.63) is 41.5 Å². The second-order valence-electron chi connectivity index (χ2n) is 5.37. The summed E-state index contributed by atoms with van der Waals surface area (Å²) >= 11 is 0. The van der Waals surface area contributed by atoms with E-state index in [-0.39, 0.29) is 12.1 Å². The van der Waals surface area contributed by atoms with Crippen molar-refractivity contribution in [3.8, 4) is 0 Å². The molecule has 0 saturated carbocycles. The van der Waals surface area contributed by atoms with Crippen LogP contribution < -0.4 is 5.32 Å². The number of hydrogen-bond donors (Lipinski definition) is 1. The van der Waals surface area contributed by atoms with Gasteiger partial charge in [-0.1, -0.05) is 30.4 Å². The van der Waals surface area contributed by atoms with Gasteiger partial charge in [-0.15, -0.1) is 0 Å². The molecule has 116 valence electrons. The lowest BCUT2D eigenvalue weighted by atomic mass is 10.1. The summed E-state index contributed by atoms with van der Waals surface area (Å²) in [4.78, 5) is 11.3. The second-order valence-corrected chi connectivity index (χ2v) is 5.37. The Morgan fingerprint density at radius 2 is 1.86 bits per heavy atom. The van der Waals surface area contributed by atoms with E-state index in [0.717, 1.165) is 6.07 Å². The maximum atomic E-state index is 12.7. The minimum absolute atomic E-state index is 0.0518. The molecule has 1 aromatic carbocycles. The molecule has 0 bridgehead atoms. The Balaban J connectivity index is 2.61. The van der Waals surface area contributed by atoms with Gasteiger partial charge in [0.25, 0.3) is 0 Å². The van der Waals surface area contributed by atoms with Crippen molar-refractivity contribution in [2.75, 3.05) is 6.54 Å². The summed E-state index contributed by atoms with van der Waals surface area (Å²) in [5, 5.41) is 2.44. The highest BCUT2D eigenvalue weighted by Gasteiger charge is 2.32. The molecule has 0 aromatic heterocycles. The Morgan fingerprint density at radius 3 is 2.43 bits per heavy atom. The second kappa shape index (κ2) is 6.65. The maximum absolute atomic E-state index is 12.7. The molecular formula is C15H18F3NO2. The van der Waals surface area contributed by atoms with Gasteiger partial charge in [0.15, 0.2) is 0 Å². The molecule has 0 saturated heterocycles. The molecule has 3 nitrogen and oxygen atoms in total. The van der Waals surface area contributed by atoms with Gasteiger partial charge < -0.3 is 10.1 Å². The number of alkyl halides is 3. The molecule has 6 heteroatoms. The van der Waals surface area contributed by atoms with Gasteiger partial charge in [-0.3, -0.25) is 0 Å². The quantitative estimate of drug-likeness (QED) is 0.906. The fourth-order valence-corrected chi connectivity index (χ4v) is 1.54. The third kappa shape index (κ3) is 6.33. The van der Waals surface area contributed by atoms with Crippen LogP contribution in [0.15, 0.2) is 30.3 Å². The molecule has 1 aromatic rings. The number of benzene rings is 1. The summed E-state index contributed by atoms with van der Waals surface area (Å²) in [5.74, 6) is 0. The number of nitrogens with one attached hydrogen (secondary N) is 1. The van der Waals surface area contributed by atoms with Crippen LogP contribution >= 0.6 is 0 Å². The van der Waals surface area contributed by atoms with Gasteiger partial charge in [-0.05, 0) is 32.4 Å². The van der Waals surface area contributed by atoms with Crippen molar-refractivity contribution in [2.24, 2.45) is 0 Å². The molecule has 0 spiro atoms. The molecule has 1 rings (SSSR count). The SMILES string of the molecule is CC(C)(C)OC(=O)NCC=Cc1ccccc1C(F)(F)F. The fourth-order valence-electron chi connectivity index (χ4n) is 1.54. The molecular weight excluding hydrogens is 283 g/mol. The Morgan fingerprint density at radius 1 is 1.24 bits per heavy atom. The lowest BCUT2D eigenvalue weighted by Crippen LogP contribution is -2.32. The predicted octanol–water partition coefficient (Wildman–Crippen LogP) is 4.24. The highest BCUT2D eigenvalue weighted by atomic mass is 19.4. The van der Waals surface area contributed by atoms with Crippen molar-refractivity contribution in [1.29, 1.82) is 0 Å². The molecule has 0 aliphatic carbocycles. The van der Waals surface area contributed by atoms with Gasteiger partial charge in [-0.25, -0.2) is 4.79 Å². The Hall–Kier alpha value is -1.98.